The summed E-state index contributed by atoms with van der Waals surface area (Å²) >= 11 is 5.99. The lowest BCUT2D eigenvalue weighted by Crippen LogP contribution is -2.33. The number of hydrogen-bond donors (Lipinski definition) is 2. The van der Waals surface area contributed by atoms with Crippen LogP contribution in [0.5, 0.6) is 11.5 Å². The summed E-state index contributed by atoms with van der Waals surface area (Å²) in [7, 11) is -1.42. The summed E-state index contributed by atoms with van der Waals surface area (Å²) in [5.41, 5.74) is 2.35. The molecule has 0 amide bonds. The van der Waals surface area contributed by atoms with Crippen molar-refractivity contribution in [1.29, 1.82) is 0 Å². The minimum Gasteiger partial charge on any atom is -0.497 e. The quantitative estimate of drug-likeness (QED) is 0.296. The van der Waals surface area contributed by atoms with E-state index in [1.165, 1.54) is 31.4 Å². The van der Waals surface area contributed by atoms with Gasteiger partial charge in [-0.25, -0.2) is 22.7 Å². The van der Waals surface area contributed by atoms with Crippen molar-refractivity contribution in [1.82, 2.24) is 14.9 Å². The van der Waals surface area contributed by atoms with Gasteiger partial charge < -0.3 is 13.9 Å². The number of ether oxygens (including phenoxy) is 2. The normalized spacial score (nSPS) is 13.2. The van der Waals surface area contributed by atoms with Crippen molar-refractivity contribution in [2.45, 2.75) is 30.7 Å². The summed E-state index contributed by atoms with van der Waals surface area (Å²) in [5.74, 6) is -1.89. The molecule has 1 heterocycles. The third-order valence-corrected chi connectivity index (χ3v) is 7.95. The first-order valence-electron chi connectivity index (χ1n) is 11.4. The second-order valence-electron chi connectivity index (χ2n) is 8.50. The van der Waals surface area contributed by atoms with Gasteiger partial charge in [0.25, 0.3) is 0 Å². The van der Waals surface area contributed by atoms with E-state index in [-0.39, 0.29) is 27.1 Å². The van der Waals surface area contributed by atoms with E-state index < -0.39 is 33.6 Å². The van der Waals surface area contributed by atoms with Gasteiger partial charge in [0, 0.05) is 17.0 Å². The number of nitrogens with one attached hydrogen (secondary N) is 2. The monoisotopic (exact) mass is 561 g/mol. The molecule has 0 fully saturated rings. The summed E-state index contributed by atoms with van der Waals surface area (Å²) in [6, 6.07) is 13.0. The van der Waals surface area contributed by atoms with Crippen LogP contribution >= 0.6 is 11.6 Å². The maximum absolute atomic E-state index is 15.4. The molecule has 0 aliphatic rings. The van der Waals surface area contributed by atoms with Gasteiger partial charge in [-0.3, -0.25) is 0 Å². The van der Waals surface area contributed by atoms with E-state index in [2.05, 4.69) is 14.9 Å². The summed E-state index contributed by atoms with van der Waals surface area (Å²) in [6.45, 7) is 3.35. The number of methoxy groups -OCH3 is 2. The molecule has 200 valence electrons. The Bertz CT molecular complexity index is 1620. The Kier molecular flexibility index (Phi) is 7.91. The van der Waals surface area contributed by atoms with E-state index in [0.717, 1.165) is 11.1 Å². The predicted molar refractivity (Wildman–Crippen MR) is 140 cm³/mol. The number of nitrogens with zero attached hydrogens (tertiary/aromatic N) is 1. The van der Waals surface area contributed by atoms with E-state index in [0.29, 0.717) is 11.3 Å². The van der Waals surface area contributed by atoms with Crippen LogP contribution < -0.4 is 20.0 Å². The zero-order valence-electron chi connectivity index (χ0n) is 20.9. The molecule has 4 aromatic rings. The zero-order chi connectivity index (χ0) is 27.6. The average Bonchev–Trinajstić information content (AvgIpc) is 3.33. The van der Waals surface area contributed by atoms with Crippen LogP contribution in [0.15, 0.2) is 68.7 Å². The maximum Gasteiger partial charge on any atom is 0.434 e. The minimum absolute atomic E-state index is 0.00347. The highest BCUT2D eigenvalue weighted by molar-refractivity contribution is 7.89. The van der Waals surface area contributed by atoms with Crippen LogP contribution in [0.1, 0.15) is 35.9 Å². The summed E-state index contributed by atoms with van der Waals surface area (Å²) in [6.07, 6.45) is 0. The SMILES string of the molecule is COc1ccc(-c2ccc(F)c([C@@H](C)[C@H](NS(=O)(=O)c3ccc(Cl)cc3OC)c3n[nH]c(=O)o3)c2C)cc1. The molecule has 0 saturated carbocycles. The lowest BCUT2D eigenvalue weighted by atomic mass is 9.86. The Morgan fingerprint density at radius 3 is 2.39 bits per heavy atom. The van der Waals surface area contributed by atoms with Gasteiger partial charge in [-0.05, 0) is 59.5 Å². The molecule has 38 heavy (non-hydrogen) atoms. The molecular formula is C26H25ClFN3O6S. The molecule has 4 rings (SSSR count). The van der Waals surface area contributed by atoms with Gasteiger partial charge in [0.15, 0.2) is 0 Å². The lowest BCUT2D eigenvalue weighted by molar-refractivity contribution is 0.374. The predicted octanol–water partition coefficient (Wildman–Crippen LogP) is 4.97. The standard InChI is InChI=1S/C26H25ClFN3O6S/c1-14-19(16-5-8-18(35-3)9-6-16)10-11-20(28)23(14)15(2)24(25-29-30-26(32)37-25)31-38(33,34)22-12-7-17(27)13-21(22)36-4/h5-13,15,24,31H,1-4H3,(H,30,32)/t15-,24+/m1/s1. The lowest BCUT2D eigenvalue weighted by Gasteiger charge is -2.25. The van der Waals surface area contributed by atoms with Crippen LogP contribution in [0.25, 0.3) is 11.1 Å². The summed E-state index contributed by atoms with van der Waals surface area (Å²) in [5, 5.41) is 6.24. The molecule has 1 aromatic heterocycles. The second kappa shape index (κ2) is 11.0. The topological polar surface area (TPSA) is 124 Å². The van der Waals surface area contributed by atoms with E-state index in [9.17, 15) is 13.2 Å². The molecule has 9 nitrogen and oxygen atoms in total. The van der Waals surface area contributed by atoms with E-state index in [4.69, 9.17) is 25.5 Å². The Morgan fingerprint density at radius 2 is 1.79 bits per heavy atom. The first-order chi connectivity index (χ1) is 18.1. The van der Waals surface area contributed by atoms with Crippen LogP contribution in [0.3, 0.4) is 0 Å². The Labute approximate surface area is 223 Å². The van der Waals surface area contributed by atoms with Crippen molar-refractivity contribution in [3.63, 3.8) is 0 Å². The van der Waals surface area contributed by atoms with Gasteiger partial charge in [0.1, 0.15) is 28.3 Å². The van der Waals surface area contributed by atoms with Crippen molar-refractivity contribution in [2.75, 3.05) is 14.2 Å². The van der Waals surface area contributed by atoms with Crippen LogP contribution in [0.2, 0.25) is 5.02 Å². The van der Waals surface area contributed by atoms with Crippen LogP contribution in [-0.4, -0.2) is 32.8 Å². The number of benzene rings is 3. The summed E-state index contributed by atoms with van der Waals surface area (Å²) in [4.78, 5) is 11.6. The number of hydrogen-bond acceptors (Lipinski definition) is 7. The van der Waals surface area contributed by atoms with Gasteiger partial charge in [0.2, 0.25) is 15.9 Å². The highest BCUT2D eigenvalue weighted by atomic mass is 35.5. The largest absolute Gasteiger partial charge is 0.497 e. The van der Waals surface area contributed by atoms with Crippen molar-refractivity contribution in [2.24, 2.45) is 0 Å². The number of aromatic nitrogens is 2. The maximum atomic E-state index is 15.4. The molecule has 0 aliphatic heterocycles. The Balaban J connectivity index is 1.81. The minimum atomic E-state index is -4.29. The molecule has 2 atom stereocenters. The van der Waals surface area contributed by atoms with Crippen LogP contribution in [0.4, 0.5) is 4.39 Å². The van der Waals surface area contributed by atoms with Gasteiger partial charge in [-0.15, -0.1) is 5.10 Å². The number of sulfonamides is 1. The third kappa shape index (κ3) is 5.45. The molecule has 0 unspecified atom stereocenters. The molecule has 3 aromatic carbocycles. The highest BCUT2D eigenvalue weighted by Crippen LogP contribution is 2.39. The van der Waals surface area contributed by atoms with E-state index >= 15 is 4.39 Å². The first-order valence-corrected chi connectivity index (χ1v) is 13.3. The number of aromatic amines is 1. The molecule has 0 aliphatic carbocycles. The van der Waals surface area contributed by atoms with Crippen LogP contribution in [-0.2, 0) is 10.0 Å². The molecular weight excluding hydrogens is 537 g/mol. The average molecular weight is 562 g/mol. The zero-order valence-corrected chi connectivity index (χ0v) is 22.5. The van der Waals surface area contributed by atoms with E-state index in [1.54, 1.807) is 39.2 Å². The molecule has 0 spiro atoms. The fraction of sp³-hybridized carbons (Fsp3) is 0.231. The highest BCUT2D eigenvalue weighted by Gasteiger charge is 2.34. The van der Waals surface area contributed by atoms with Crippen molar-refractivity contribution in [3.05, 3.63) is 93.0 Å². The van der Waals surface area contributed by atoms with Gasteiger partial charge in [-0.1, -0.05) is 36.7 Å². The number of H-pyrrole nitrogens is 1. The Morgan fingerprint density at radius 1 is 1.08 bits per heavy atom. The molecule has 0 saturated heterocycles. The van der Waals surface area contributed by atoms with E-state index in [1.807, 2.05) is 12.1 Å². The Hall–Kier alpha value is -3.67. The van der Waals surface area contributed by atoms with Crippen molar-refractivity contribution < 1.29 is 26.7 Å². The fourth-order valence-electron chi connectivity index (χ4n) is 4.34. The molecule has 12 heteroatoms. The fourth-order valence-corrected chi connectivity index (χ4v) is 5.92. The van der Waals surface area contributed by atoms with Gasteiger partial charge in [-0.2, -0.15) is 4.72 Å². The van der Waals surface area contributed by atoms with Crippen molar-refractivity contribution in [3.8, 4) is 22.6 Å². The number of rotatable bonds is 9. The van der Waals surface area contributed by atoms with Gasteiger partial charge in [0.05, 0.1) is 14.2 Å². The molecule has 0 radical (unpaired) electrons. The first kappa shape index (κ1) is 27.4. The van der Waals surface area contributed by atoms with Crippen molar-refractivity contribution >= 4 is 21.6 Å². The smallest absolute Gasteiger partial charge is 0.434 e. The third-order valence-electron chi connectivity index (χ3n) is 6.24. The van der Waals surface area contributed by atoms with Crippen LogP contribution in [0, 0.1) is 12.7 Å². The van der Waals surface area contributed by atoms with Gasteiger partial charge >= 0.3 is 5.76 Å². The second-order valence-corrected chi connectivity index (χ2v) is 10.6. The molecule has 0 bridgehead atoms. The summed E-state index contributed by atoms with van der Waals surface area (Å²) < 4.78 is 60.4. The molecule has 2 N–H and O–H groups in total. The number of halogens is 2.